The van der Waals surface area contributed by atoms with E-state index < -0.39 is 113 Å². The van der Waals surface area contributed by atoms with E-state index in [4.69, 9.17) is 23.7 Å². The molecule has 7 rings (SSSR count). The zero-order valence-electron chi connectivity index (χ0n) is 37.9. The van der Waals surface area contributed by atoms with Crippen LogP contribution in [0.5, 0.6) is 0 Å². The number of amides is 1. The van der Waals surface area contributed by atoms with E-state index in [9.17, 15) is 39.3 Å². The van der Waals surface area contributed by atoms with Gasteiger partial charge in [0.15, 0.2) is 23.6 Å². The van der Waals surface area contributed by atoms with Crippen LogP contribution >= 0.6 is 0 Å². The molecule has 2 bridgehead atoms. The molecule has 0 radical (unpaired) electrons. The van der Waals surface area contributed by atoms with Gasteiger partial charge in [0.2, 0.25) is 0 Å². The summed E-state index contributed by atoms with van der Waals surface area (Å²) >= 11 is 0. The summed E-state index contributed by atoms with van der Waals surface area (Å²) in [6.45, 7) is 11.2. The van der Waals surface area contributed by atoms with E-state index in [1.54, 1.807) is 99.8 Å². The van der Waals surface area contributed by atoms with Crippen molar-refractivity contribution in [1.29, 1.82) is 0 Å². The van der Waals surface area contributed by atoms with Crippen molar-refractivity contribution in [3.63, 3.8) is 0 Å². The summed E-state index contributed by atoms with van der Waals surface area (Å²) < 4.78 is 34.6. The van der Waals surface area contributed by atoms with Crippen molar-refractivity contribution in [2.75, 3.05) is 13.7 Å². The van der Waals surface area contributed by atoms with Crippen molar-refractivity contribution in [1.82, 2.24) is 5.32 Å². The van der Waals surface area contributed by atoms with Crippen molar-refractivity contribution in [3.8, 4) is 0 Å². The van der Waals surface area contributed by atoms with Gasteiger partial charge in [-0.1, -0.05) is 87.2 Å². The molecule has 0 spiro atoms. The molecular formula is C50H57NO15. The number of rotatable bonds is 11. The third-order valence-corrected chi connectivity index (χ3v) is 13.6. The molecule has 16 heteroatoms. The SMILES string of the molecule is C=COC.CC(=O)O[C@H]1C(=O)[C@@]2(C)[C@H]([C@H](OC(=O)c3ccccc3)[C@]3(O)C[C@H](OC(=O)[C@H](O)[C@@H](NC(=O)c4ccccc4)c4ccccc4)C(C)=C1C3(C)C)[C@]1(OC(C)=O)CO[C@@H]1C[C@@H]2O. The highest BCUT2D eigenvalue weighted by Crippen LogP contribution is 2.64. The van der Waals surface area contributed by atoms with Crippen molar-refractivity contribution < 1.29 is 72.5 Å². The molecule has 3 fully saturated rings. The van der Waals surface area contributed by atoms with Gasteiger partial charge in [-0.2, -0.15) is 0 Å². The van der Waals surface area contributed by atoms with Gasteiger partial charge in [-0.25, -0.2) is 9.59 Å². The minimum Gasteiger partial charge on any atom is -0.505 e. The molecule has 66 heavy (non-hydrogen) atoms. The first-order valence-corrected chi connectivity index (χ1v) is 21.5. The van der Waals surface area contributed by atoms with Crippen LogP contribution in [0.3, 0.4) is 0 Å². The van der Waals surface area contributed by atoms with Crippen LogP contribution in [0.15, 0.2) is 115 Å². The van der Waals surface area contributed by atoms with Gasteiger partial charge in [-0.3, -0.25) is 19.2 Å². The lowest BCUT2D eigenvalue weighted by molar-refractivity contribution is -0.346. The molecule has 3 aromatic rings. The summed E-state index contributed by atoms with van der Waals surface area (Å²) in [5.41, 5.74) is -7.02. The molecule has 1 aliphatic heterocycles. The first-order chi connectivity index (χ1) is 31.2. The Labute approximate surface area is 382 Å². The summed E-state index contributed by atoms with van der Waals surface area (Å²) in [6, 6.07) is 22.9. The fourth-order valence-corrected chi connectivity index (χ4v) is 10.2. The number of carbonyl (C=O) groups is 6. The van der Waals surface area contributed by atoms with E-state index in [-0.39, 0.29) is 35.3 Å². The van der Waals surface area contributed by atoms with Crippen LogP contribution in [0.25, 0.3) is 0 Å². The van der Waals surface area contributed by atoms with Gasteiger partial charge in [-0.15, -0.1) is 0 Å². The summed E-state index contributed by atoms with van der Waals surface area (Å²) in [6.07, 6.45) is -9.14. The molecule has 4 aliphatic rings. The quantitative estimate of drug-likeness (QED) is 0.0898. The number of hydrogen-bond donors (Lipinski definition) is 4. The fourth-order valence-electron chi connectivity index (χ4n) is 10.2. The second kappa shape index (κ2) is 19.3. The number of methoxy groups -OCH3 is 1. The van der Waals surface area contributed by atoms with Crippen LogP contribution in [0.2, 0.25) is 0 Å². The first kappa shape index (κ1) is 49.2. The molecule has 1 heterocycles. The molecule has 3 aliphatic carbocycles. The number of benzene rings is 3. The van der Waals surface area contributed by atoms with E-state index in [1.165, 1.54) is 32.2 Å². The number of esters is 4. The second-order valence-electron chi connectivity index (χ2n) is 17.8. The average molecular weight is 912 g/mol. The van der Waals surface area contributed by atoms with Crippen LogP contribution in [-0.2, 0) is 47.6 Å². The highest BCUT2D eigenvalue weighted by molar-refractivity contribution is 5.96. The van der Waals surface area contributed by atoms with E-state index in [0.717, 1.165) is 13.8 Å². The van der Waals surface area contributed by atoms with Crippen molar-refractivity contribution >= 4 is 35.6 Å². The summed E-state index contributed by atoms with van der Waals surface area (Å²) in [7, 11) is 1.56. The third-order valence-electron chi connectivity index (χ3n) is 13.6. The molecule has 1 saturated heterocycles. The number of aliphatic hydroxyl groups is 3. The Morgan fingerprint density at radius 3 is 1.94 bits per heavy atom. The molecule has 0 aromatic heterocycles. The molecule has 3 aromatic carbocycles. The van der Waals surface area contributed by atoms with Crippen LogP contribution in [0.1, 0.15) is 86.7 Å². The lowest BCUT2D eigenvalue weighted by atomic mass is 9.44. The van der Waals surface area contributed by atoms with Crippen LogP contribution < -0.4 is 5.32 Å². The van der Waals surface area contributed by atoms with Gasteiger partial charge >= 0.3 is 23.9 Å². The normalized spacial score (nSPS) is 30.2. The van der Waals surface area contributed by atoms with Crippen molar-refractivity contribution in [2.45, 2.75) is 108 Å². The first-order valence-electron chi connectivity index (χ1n) is 21.5. The van der Waals surface area contributed by atoms with Gasteiger partial charge in [0, 0.05) is 37.7 Å². The highest BCUT2D eigenvalue weighted by Gasteiger charge is 2.78. The molecule has 4 N–H and O–H groups in total. The van der Waals surface area contributed by atoms with E-state index in [1.807, 2.05) is 0 Å². The number of nitrogens with one attached hydrogen (secondary N) is 1. The van der Waals surface area contributed by atoms with Crippen molar-refractivity contribution in [3.05, 3.63) is 132 Å². The number of Topliss-reactive ketones (excluding diaryl/α,β-unsaturated/α-hetero) is 1. The number of hydrogen-bond acceptors (Lipinski definition) is 15. The Kier molecular flexibility index (Phi) is 14.4. The Bertz CT molecular complexity index is 2350. The molecule has 0 unspecified atom stereocenters. The Balaban J connectivity index is 0.00000173. The summed E-state index contributed by atoms with van der Waals surface area (Å²) in [4.78, 5) is 83.5. The van der Waals surface area contributed by atoms with Gasteiger partial charge < -0.3 is 49.1 Å². The monoisotopic (exact) mass is 911 g/mol. The maximum atomic E-state index is 15.5. The predicted molar refractivity (Wildman–Crippen MR) is 235 cm³/mol. The summed E-state index contributed by atoms with van der Waals surface area (Å²) in [5.74, 6) is -6.84. The minimum atomic E-state index is -2.39. The van der Waals surface area contributed by atoms with Gasteiger partial charge in [0.25, 0.3) is 5.91 Å². The topological polar surface area (TPSA) is 231 Å². The fraction of sp³-hybridized carbons (Fsp3) is 0.440. The Hall–Kier alpha value is -6.20. The lowest BCUT2D eigenvalue weighted by Gasteiger charge is -2.67. The number of ketones is 1. The standard InChI is InChI=1S/C47H51NO14.C3H6O/c1-25-31(60-43(56)36(52)35(28-16-10-7-11-17-28)48-41(54)29-18-12-8-13-19-29)23-47(57)40(61-42(55)30-20-14-9-15-21-30)38-45(6,32(51)22-33-46(38,24-58-33)62-27(3)50)39(53)37(59-26(2)49)34(25)44(47,4)5;1-3-4-2/h7-21,31-33,35-38,40,51-52,57H,22-24H2,1-6H3,(H,48,54);3H,1H2,2H3/t31-,32-,33+,35-,36+,37+,38-,40-,45+,46-,47+;/m0./s1. The van der Waals surface area contributed by atoms with Gasteiger partial charge in [0.05, 0.1) is 49.0 Å². The van der Waals surface area contributed by atoms with E-state index in [0.29, 0.717) is 5.56 Å². The highest BCUT2D eigenvalue weighted by atomic mass is 16.6. The summed E-state index contributed by atoms with van der Waals surface area (Å²) in [5, 5.41) is 40.2. The second-order valence-corrected chi connectivity index (χ2v) is 17.8. The molecule has 11 atom stereocenters. The maximum Gasteiger partial charge on any atom is 0.338 e. The number of ether oxygens (including phenoxy) is 6. The zero-order chi connectivity index (χ0) is 48.4. The molecule has 1 amide bonds. The van der Waals surface area contributed by atoms with E-state index in [2.05, 4.69) is 16.6 Å². The number of fused-ring (bicyclic) bond motifs is 5. The molecule has 16 nitrogen and oxygen atoms in total. The average Bonchev–Trinajstić information content (AvgIpc) is 3.29. The van der Waals surface area contributed by atoms with Gasteiger partial charge in [-0.05, 0) is 54.8 Å². The zero-order valence-corrected chi connectivity index (χ0v) is 37.9. The minimum absolute atomic E-state index is 0.00289. The maximum absolute atomic E-state index is 15.5. The van der Waals surface area contributed by atoms with Crippen LogP contribution in [0.4, 0.5) is 0 Å². The smallest absolute Gasteiger partial charge is 0.338 e. The number of carbonyl (C=O) groups excluding carboxylic acids is 6. The van der Waals surface area contributed by atoms with E-state index >= 15 is 4.79 Å². The Morgan fingerprint density at radius 1 is 0.864 bits per heavy atom. The number of aliphatic hydroxyl groups excluding tert-OH is 2. The van der Waals surface area contributed by atoms with Gasteiger partial charge in [0.1, 0.15) is 23.9 Å². The lowest BCUT2D eigenvalue weighted by Crippen LogP contribution is -2.82. The largest absolute Gasteiger partial charge is 0.505 e. The van der Waals surface area contributed by atoms with Crippen molar-refractivity contribution in [2.24, 2.45) is 16.7 Å². The molecule has 352 valence electrons. The molecule has 2 saturated carbocycles. The molecular weight excluding hydrogens is 855 g/mol. The Morgan fingerprint density at radius 2 is 1.42 bits per heavy atom. The van der Waals surface area contributed by atoms with Crippen LogP contribution in [-0.4, -0.2) is 112 Å². The van der Waals surface area contributed by atoms with Crippen LogP contribution in [0, 0.1) is 16.7 Å². The predicted octanol–water partition coefficient (Wildman–Crippen LogP) is 4.51. The third kappa shape index (κ3) is 8.77.